The largest absolute Gasteiger partial charge is 0.379 e. The fourth-order valence-electron chi connectivity index (χ4n) is 1.21. The Morgan fingerprint density at radius 3 is 2.39 bits per heavy atom. The molecule has 0 saturated heterocycles. The first-order chi connectivity index (χ1) is 8.74. The van der Waals surface area contributed by atoms with Gasteiger partial charge in [-0.2, -0.15) is 0 Å². The lowest BCUT2D eigenvalue weighted by atomic mass is 10.4. The van der Waals surface area contributed by atoms with Crippen molar-refractivity contribution in [1.29, 1.82) is 0 Å². The molecule has 1 aromatic rings. The molecule has 0 radical (unpaired) electrons. The predicted octanol–water partition coefficient (Wildman–Crippen LogP) is -0.367. The van der Waals surface area contributed by atoms with Crippen LogP contribution in [-0.4, -0.2) is 43.0 Å². The van der Waals surface area contributed by atoms with Crippen LogP contribution in [0.25, 0.3) is 0 Å². The summed E-state index contributed by atoms with van der Waals surface area (Å²) in [5, 5.41) is 0. The highest BCUT2D eigenvalue weighted by Crippen LogP contribution is 1.89. The second kappa shape index (κ2) is 8.62. The van der Waals surface area contributed by atoms with Gasteiger partial charge in [-0.05, 0) is 6.92 Å². The summed E-state index contributed by atoms with van der Waals surface area (Å²) >= 11 is 0. The maximum Gasteiger partial charge on any atom is 0.325 e. The lowest BCUT2D eigenvalue weighted by Crippen LogP contribution is -2.25. The van der Waals surface area contributed by atoms with Gasteiger partial charge in [-0.3, -0.25) is 9.78 Å². The minimum absolute atomic E-state index is 0.140. The quantitative estimate of drug-likeness (QED) is 0.590. The predicted molar refractivity (Wildman–Crippen MR) is 64.7 cm³/mol. The minimum atomic E-state index is -0.525. The summed E-state index contributed by atoms with van der Waals surface area (Å²) in [5.74, 6) is 0. The molecule has 18 heavy (non-hydrogen) atoms. The Kier molecular flexibility index (Phi) is 7.00. The van der Waals surface area contributed by atoms with E-state index in [4.69, 9.17) is 14.2 Å². The van der Waals surface area contributed by atoms with Gasteiger partial charge < -0.3 is 19.2 Å². The SMILES string of the molecule is CCOCCOCCOCc1c[nH]c(=O)[nH]c1=O. The lowest BCUT2D eigenvalue weighted by molar-refractivity contribution is 0.0126. The van der Waals surface area contributed by atoms with Crippen LogP contribution >= 0.6 is 0 Å². The highest BCUT2D eigenvalue weighted by Gasteiger charge is 1.99. The standard InChI is InChI=1S/C11H18N2O5/c1-2-16-3-4-17-5-6-18-8-9-7-12-11(15)13-10(9)14/h7H,2-6,8H2,1H3,(H2,12,13,14,15). The summed E-state index contributed by atoms with van der Waals surface area (Å²) in [5.41, 5.74) is -0.581. The van der Waals surface area contributed by atoms with Crippen molar-refractivity contribution in [2.75, 3.05) is 33.0 Å². The van der Waals surface area contributed by atoms with Crippen LogP contribution in [0, 0.1) is 0 Å². The van der Waals surface area contributed by atoms with Gasteiger partial charge in [0.15, 0.2) is 0 Å². The number of hydrogen-bond donors (Lipinski definition) is 2. The summed E-state index contributed by atoms with van der Waals surface area (Å²) < 4.78 is 15.6. The third kappa shape index (κ3) is 5.76. The van der Waals surface area contributed by atoms with E-state index >= 15 is 0 Å². The Labute approximate surface area is 104 Å². The van der Waals surface area contributed by atoms with Crippen LogP contribution in [0.4, 0.5) is 0 Å². The first kappa shape index (κ1) is 14.6. The second-order valence-electron chi connectivity index (χ2n) is 3.46. The average molecular weight is 258 g/mol. The van der Waals surface area contributed by atoms with Crippen LogP contribution in [0.5, 0.6) is 0 Å². The van der Waals surface area contributed by atoms with Gasteiger partial charge in [0.25, 0.3) is 5.56 Å². The van der Waals surface area contributed by atoms with Crippen molar-refractivity contribution in [1.82, 2.24) is 9.97 Å². The van der Waals surface area contributed by atoms with Crippen LogP contribution in [0.15, 0.2) is 15.8 Å². The first-order valence-corrected chi connectivity index (χ1v) is 5.78. The monoisotopic (exact) mass is 258 g/mol. The van der Waals surface area contributed by atoms with E-state index in [0.717, 1.165) is 0 Å². The molecule has 1 heterocycles. The maximum atomic E-state index is 11.3. The van der Waals surface area contributed by atoms with Gasteiger partial charge in [0, 0.05) is 12.8 Å². The molecule has 1 aromatic heterocycles. The van der Waals surface area contributed by atoms with Gasteiger partial charge in [0.05, 0.1) is 38.6 Å². The van der Waals surface area contributed by atoms with E-state index in [1.165, 1.54) is 6.20 Å². The fourth-order valence-corrected chi connectivity index (χ4v) is 1.21. The van der Waals surface area contributed by atoms with Crippen LogP contribution in [0.3, 0.4) is 0 Å². The summed E-state index contributed by atoms with van der Waals surface area (Å²) in [4.78, 5) is 26.5. The molecule has 0 aliphatic rings. The molecule has 0 aliphatic heterocycles. The zero-order valence-electron chi connectivity index (χ0n) is 10.4. The fraction of sp³-hybridized carbons (Fsp3) is 0.636. The zero-order chi connectivity index (χ0) is 13.2. The summed E-state index contributed by atoms with van der Waals surface area (Å²) in [7, 11) is 0. The van der Waals surface area contributed by atoms with Crippen LogP contribution in [-0.2, 0) is 20.8 Å². The van der Waals surface area contributed by atoms with E-state index in [1.54, 1.807) is 0 Å². The van der Waals surface area contributed by atoms with Crippen LogP contribution in [0.1, 0.15) is 12.5 Å². The highest BCUT2D eigenvalue weighted by atomic mass is 16.5. The highest BCUT2D eigenvalue weighted by molar-refractivity contribution is 5.00. The normalized spacial score (nSPS) is 10.7. The number of nitrogens with one attached hydrogen (secondary N) is 2. The lowest BCUT2D eigenvalue weighted by Gasteiger charge is -2.05. The van der Waals surface area contributed by atoms with E-state index in [0.29, 0.717) is 38.6 Å². The molecule has 0 unspecified atom stereocenters. The second-order valence-corrected chi connectivity index (χ2v) is 3.46. The van der Waals surface area contributed by atoms with E-state index < -0.39 is 11.2 Å². The van der Waals surface area contributed by atoms with E-state index in [1.807, 2.05) is 6.92 Å². The van der Waals surface area contributed by atoms with E-state index in [-0.39, 0.29) is 6.61 Å². The van der Waals surface area contributed by atoms with Gasteiger partial charge in [-0.15, -0.1) is 0 Å². The molecular weight excluding hydrogens is 240 g/mol. The Morgan fingerprint density at radius 2 is 1.72 bits per heavy atom. The van der Waals surface area contributed by atoms with Crippen molar-refractivity contribution in [3.05, 3.63) is 32.6 Å². The molecule has 7 nitrogen and oxygen atoms in total. The molecule has 102 valence electrons. The first-order valence-electron chi connectivity index (χ1n) is 5.78. The topological polar surface area (TPSA) is 93.4 Å². The molecule has 0 bridgehead atoms. The third-order valence-corrected chi connectivity index (χ3v) is 2.10. The smallest absolute Gasteiger partial charge is 0.325 e. The zero-order valence-corrected chi connectivity index (χ0v) is 10.4. The molecule has 0 saturated carbocycles. The Bertz CT molecular complexity index is 440. The molecule has 0 spiro atoms. The molecular formula is C11H18N2O5. The van der Waals surface area contributed by atoms with Crippen molar-refractivity contribution in [3.8, 4) is 0 Å². The van der Waals surface area contributed by atoms with Crippen molar-refractivity contribution >= 4 is 0 Å². The Balaban J connectivity index is 2.11. The van der Waals surface area contributed by atoms with Gasteiger partial charge >= 0.3 is 5.69 Å². The van der Waals surface area contributed by atoms with Crippen molar-refractivity contribution in [2.24, 2.45) is 0 Å². The molecule has 0 fully saturated rings. The molecule has 0 aromatic carbocycles. The molecule has 1 rings (SSSR count). The molecule has 7 heteroatoms. The van der Waals surface area contributed by atoms with Gasteiger partial charge in [0.2, 0.25) is 0 Å². The summed E-state index contributed by atoms with van der Waals surface area (Å²) in [6.45, 7) is 4.65. The maximum absolute atomic E-state index is 11.3. The van der Waals surface area contributed by atoms with Crippen molar-refractivity contribution in [2.45, 2.75) is 13.5 Å². The number of aromatic amines is 2. The minimum Gasteiger partial charge on any atom is -0.379 e. The van der Waals surface area contributed by atoms with Crippen LogP contribution < -0.4 is 11.2 Å². The van der Waals surface area contributed by atoms with Gasteiger partial charge in [-0.1, -0.05) is 0 Å². The van der Waals surface area contributed by atoms with Crippen LogP contribution in [0.2, 0.25) is 0 Å². The van der Waals surface area contributed by atoms with Gasteiger partial charge in [-0.25, -0.2) is 4.79 Å². The summed E-state index contributed by atoms with van der Waals surface area (Å²) in [6, 6.07) is 0. The van der Waals surface area contributed by atoms with Gasteiger partial charge in [0.1, 0.15) is 0 Å². The average Bonchev–Trinajstić information content (AvgIpc) is 2.35. The van der Waals surface area contributed by atoms with E-state index in [9.17, 15) is 9.59 Å². The number of H-pyrrole nitrogens is 2. The Morgan fingerprint density at radius 1 is 1.06 bits per heavy atom. The molecule has 0 aliphatic carbocycles. The number of aromatic nitrogens is 2. The number of ether oxygens (including phenoxy) is 3. The Hall–Kier alpha value is -1.44. The summed E-state index contributed by atoms with van der Waals surface area (Å²) in [6.07, 6.45) is 1.34. The number of hydrogen-bond acceptors (Lipinski definition) is 5. The molecule has 2 N–H and O–H groups in total. The van der Waals surface area contributed by atoms with E-state index in [2.05, 4.69) is 9.97 Å². The number of rotatable bonds is 9. The van der Waals surface area contributed by atoms with Crippen molar-refractivity contribution in [3.63, 3.8) is 0 Å². The third-order valence-electron chi connectivity index (χ3n) is 2.10. The molecule has 0 amide bonds. The molecule has 0 atom stereocenters. The van der Waals surface area contributed by atoms with Crippen molar-refractivity contribution < 1.29 is 14.2 Å².